The molecule has 0 N–H and O–H groups in total. The minimum absolute atomic E-state index is 0.0218. The number of fused-ring (bicyclic) bond motifs is 1. The van der Waals surface area contributed by atoms with E-state index in [0.717, 1.165) is 19.4 Å². The third kappa shape index (κ3) is 1.88. The van der Waals surface area contributed by atoms with Crippen LogP contribution >= 0.6 is 0 Å². The highest BCUT2D eigenvalue weighted by Crippen LogP contribution is 2.36. The predicted molar refractivity (Wildman–Crippen MR) is 57.1 cm³/mol. The summed E-state index contributed by atoms with van der Waals surface area (Å²) in [5.74, 6) is 0.576. The molecule has 0 aromatic carbocycles. The van der Waals surface area contributed by atoms with E-state index in [2.05, 4.69) is 13.8 Å². The van der Waals surface area contributed by atoms with Crippen molar-refractivity contribution in [2.45, 2.75) is 57.4 Å². The molecule has 0 amide bonds. The van der Waals surface area contributed by atoms with Crippen LogP contribution in [0.25, 0.3) is 0 Å². The van der Waals surface area contributed by atoms with E-state index in [9.17, 15) is 0 Å². The first-order valence-corrected chi connectivity index (χ1v) is 6.33. The molecule has 3 fully saturated rings. The van der Waals surface area contributed by atoms with Gasteiger partial charge in [0.05, 0.1) is 12.7 Å². The van der Waals surface area contributed by atoms with Gasteiger partial charge in [-0.05, 0) is 12.3 Å². The quantitative estimate of drug-likeness (QED) is 0.681. The van der Waals surface area contributed by atoms with Gasteiger partial charge < -0.3 is 18.9 Å². The lowest BCUT2D eigenvalue weighted by Crippen LogP contribution is -2.31. The lowest BCUT2D eigenvalue weighted by molar-refractivity contribution is -0.0671. The Hall–Kier alpha value is -0.160. The van der Waals surface area contributed by atoms with Crippen molar-refractivity contribution in [1.82, 2.24) is 0 Å². The van der Waals surface area contributed by atoms with Gasteiger partial charge in [-0.15, -0.1) is 0 Å². The average Bonchev–Trinajstić information content (AvgIpc) is 2.73. The second-order valence-corrected chi connectivity index (χ2v) is 5.03. The standard InChI is InChI=1S/C12H20O4/c1-3-7(2)10-12(16-10)15-9-6-14-8-4-5-13-11(8)9/h7-12H,3-6H2,1-2H3/t7?,8-,9-,10?,11+,12?/m1/s1. The zero-order valence-corrected chi connectivity index (χ0v) is 9.93. The van der Waals surface area contributed by atoms with Crippen LogP contribution in [-0.2, 0) is 18.9 Å². The maximum atomic E-state index is 5.90. The van der Waals surface area contributed by atoms with Crippen LogP contribution in [0.15, 0.2) is 0 Å². The molecule has 92 valence electrons. The zero-order valence-electron chi connectivity index (χ0n) is 9.93. The summed E-state index contributed by atoms with van der Waals surface area (Å²) in [5.41, 5.74) is 0. The molecule has 4 nitrogen and oxygen atoms in total. The topological polar surface area (TPSA) is 40.2 Å². The third-order valence-electron chi connectivity index (χ3n) is 3.92. The van der Waals surface area contributed by atoms with Crippen molar-refractivity contribution in [1.29, 1.82) is 0 Å². The Bertz CT molecular complexity index is 257. The Kier molecular flexibility index (Phi) is 2.92. The molecule has 3 rings (SSSR count). The van der Waals surface area contributed by atoms with Crippen LogP contribution < -0.4 is 0 Å². The van der Waals surface area contributed by atoms with Gasteiger partial charge >= 0.3 is 0 Å². The fourth-order valence-electron chi connectivity index (χ4n) is 2.57. The second kappa shape index (κ2) is 4.26. The zero-order chi connectivity index (χ0) is 11.1. The molecule has 4 heteroatoms. The maximum Gasteiger partial charge on any atom is 0.185 e. The largest absolute Gasteiger partial charge is 0.373 e. The lowest BCUT2D eigenvalue weighted by Gasteiger charge is -2.15. The average molecular weight is 228 g/mol. The van der Waals surface area contributed by atoms with E-state index in [1.807, 2.05) is 0 Å². The van der Waals surface area contributed by atoms with Crippen LogP contribution in [0.1, 0.15) is 26.7 Å². The van der Waals surface area contributed by atoms with E-state index in [4.69, 9.17) is 18.9 Å². The van der Waals surface area contributed by atoms with Crippen molar-refractivity contribution < 1.29 is 18.9 Å². The lowest BCUT2D eigenvalue weighted by atomic mass is 10.1. The van der Waals surface area contributed by atoms with E-state index in [0.29, 0.717) is 12.5 Å². The first kappa shape index (κ1) is 11.0. The highest BCUT2D eigenvalue weighted by atomic mass is 16.8. The summed E-state index contributed by atoms with van der Waals surface area (Å²) in [6.45, 7) is 5.84. The van der Waals surface area contributed by atoms with Gasteiger partial charge in [0.1, 0.15) is 18.3 Å². The SMILES string of the molecule is CCC(C)C1OC1O[C@@H]1CO[C@@H]2CCO[C@@H]21. The highest BCUT2D eigenvalue weighted by molar-refractivity contribution is 4.92. The number of ether oxygens (including phenoxy) is 4. The summed E-state index contributed by atoms with van der Waals surface area (Å²) in [5, 5.41) is 0. The molecule has 0 aromatic heterocycles. The molecule has 16 heavy (non-hydrogen) atoms. The molecule has 0 aromatic rings. The molecular formula is C12H20O4. The molecule has 0 saturated carbocycles. The van der Waals surface area contributed by atoms with Crippen LogP contribution in [0.5, 0.6) is 0 Å². The number of hydrogen-bond acceptors (Lipinski definition) is 4. The summed E-state index contributed by atoms with van der Waals surface area (Å²) in [6.07, 6.45) is 2.87. The van der Waals surface area contributed by atoms with Crippen molar-refractivity contribution in [3.05, 3.63) is 0 Å². The summed E-state index contributed by atoms with van der Waals surface area (Å²) in [6, 6.07) is 0. The molecule has 3 aliphatic heterocycles. The Morgan fingerprint density at radius 3 is 3.06 bits per heavy atom. The molecule has 3 saturated heterocycles. The fraction of sp³-hybridized carbons (Fsp3) is 1.00. The minimum Gasteiger partial charge on any atom is -0.373 e. The van der Waals surface area contributed by atoms with E-state index in [1.54, 1.807) is 0 Å². The molecule has 0 spiro atoms. The van der Waals surface area contributed by atoms with Crippen molar-refractivity contribution in [2.75, 3.05) is 13.2 Å². The van der Waals surface area contributed by atoms with Gasteiger partial charge in [-0.3, -0.25) is 0 Å². The Morgan fingerprint density at radius 2 is 2.25 bits per heavy atom. The van der Waals surface area contributed by atoms with E-state index >= 15 is 0 Å². The minimum atomic E-state index is -0.0218. The van der Waals surface area contributed by atoms with Gasteiger partial charge in [-0.1, -0.05) is 20.3 Å². The van der Waals surface area contributed by atoms with Crippen LogP contribution in [-0.4, -0.2) is 43.9 Å². The van der Waals surface area contributed by atoms with Gasteiger partial charge in [0, 0.05) is 6.61 Å². The molecule has 0 bridgehead atoms. The van der Waals surface area contributed by atoms with Crippen molar-refractivity contribution >= 4 is 0 Å². The van der Waals surface area contributed by atoms with E-state index < -0.39 is 0 Å². The van der Waals surface area contributed by atoms with Crippen molar-refractivity contribution in [3.63, 3.8) is 0 Å². The molecule has 6 atom stereocenters. The number of rotatable bonds is 4. The number of hydrogen-bond donors (Lipinski definition) is 0. The first-order chi connectivity index (χ1) is 7.79. The summed E-state index contributed by atoms with van der Waals surface area (Å²) >= 11 is 0. The highest BCUT2D eigenvalue weighted by Gasteiger charge is 2.50. The van der Waals surface area contributed by atoms with Gasteiger partial charge in [-0.25, -0.2) is 0 Å². The van der Waals surface area contributed by atoms with Crippen LogP contribution in [0, 0.1) is 5.92 Å². The first-order valence-electron chi connectivity index (χ1n) is 6.33. The van der Waals surface area contributed by atoms with E-state index in [-0.39, 0.29) is 30.7 Å². The summed E-state index contributed by atoms with van der Waals surface area (Å²) in [7, 11) is 0. The van der Waals surface area contributed by atoms with Crippen LogP contribution in [0.3, 0.4) is 0 Å². The smallest absolute Gasteiger partial charge is 0.185 e. The molecule has 3 heterocycles. The number of epoxide rings is 1. The summed E-state index contributed by atoms with van der Waals surface area (Å²) in [4.78, 5) is 0. The predicted octanol–water partition coefficient (Wildman–Crippen LogP) is 1.33. The molecule has 3 aliphatic rings. The van der Waals surface area contributed by atoms with Gasteiger partial charge in [0.15, 0.2) is 6.29 Å². The normalized spacial score (nSPS) is 48.0. The molecule has 0 aliphatic carbocycles. The molecule has 3 unspecified atom stereocenters. The fourth-order valence-corrected chi connectivity index (χ4v) is 2.57. The van der Waals surface area contributed by atoms with Gasteiger partial charge in [0.2, 0.25) is 0 Å². The van der Waals surface area contributed by atoms with Gasteiger partial charge in [-0.2, -0.15) is 0 Å². The monoisotopic (exact) mass is 228 g/mol. The maximum absolute atomic E-state index is 5.90. The Labute approximate surface area is 96.2 Å². The van der Waals surface area contributed by atoms with Crippen molar-refractivity contribution in [2.24, 2.45) is 5.92 Å². The third-order valence-corrected chi connectivity index (χ3v) is 3.92. The second-order valence-electron chi connectivity index (χ2n) is 5.03. The van der Waals surface area contributed by atoms with Crippen LogP contribution in [0.2, 0.25) is 0 Å². The Morgan fingerprint density at radius 1 is 1.38 bits per heavy atom. The van der Waals surface area contributed by atoms with Crippen LogP contribution in [0.4, 0.5) is 0 Å². The van der Waals surface area contributed by atoms with Crippen molar-refractivity contribution in [3.8, 4) is 0 Å². The Balaban J connectivity index is 1.50. The van der Waals surface area contributed by atoms with Gasteiger partial charge in [0.25, 0.3) is 0 Å². The van der Waals surface area contributed by atoms with E-state index in [1.165, 1.54) is 0 Å². The molecule has 0 radical (unpaired) electrons. The summed E-state index contributed by atoms with van der Waals surface area (Å²) < 4.78 is 22.7. The molecular weight excluding hydrogens is 208 g/mol.